The second-order valence-corrected chi connectivity index (χ2v) is 6.49. The van der Waals surface area contributed by atoms with Crippen molar-refractivity contribution in [1.82, 2.24) is 4.98 Å². The molecule has 0 atom stereocenters. The van der Waals surface area contributed by atoms with E-state index in [0.29, 0.717) is 6.42 Å². The van der Waals surface area contributed by atoms with Crippen LogP contribution in [0.1, 0.15) is 45.9 Å². The van der Waals surface area contributed by atoms with Gasteiger partial charge in [-0.3, -0.25) is 9.78 Å². The molecule has 0 N–H and O–H groups in total. The van der Waals surface area contributed by atoms with Crippen LogP contribution in [0.15, 0.2) is 12.3 Å². The third-order valence-corrected chi connectivity index (χ3v) is 4.11. The fourth-order valence-electron chi connectivity index (χ4n) is 2.21. The van der Waals surface area contributed by atoms with Crippen LogP contribution in [-0.4, -0.2) is 29.1 Å². The minimum atomic E-state index is -0.448. The molecule has 5 heteroatoms. The Bertz CT molecular complexity index is 524. The lowest BCUT2D eigenvalue weighted by molar-refractivity contribution is -0.116. The molecule has 0 aliphatic carbocycles. The summed E-state index contributed by atoms with van der Waals surface area (Å²) in [4.78, 5) is 15.7. The van der Waals surface area contributed by atoms with E-state index in [9.17, 15) is 4.79 Å². The first-order chi connectivity index (χ1) is 9.12. The highest BCUT2D eigenvalue weighted by Crippen LogP contribution is 2.36. The van der Waals surface area contributed by atoms with Crippen molar-refractivity contribution in [3.8, 4) is 0 Å². The molecule has 1 fully saturated rings. The number of hydrogen-bond donors (Lipinski definition) is 0. The Labute approximate surface area is 121 Å². The van der Waals surface area contributed by atoms with Crippen molar-refractivity contribution in [2.75, 3.05) is 0 Å². The molecule has 4 nitrogen and oxygen atoms in total. The lowest BCUT2D eigenvalue weighted by atomic mass is 9.75. The first-order valence-electron chi connectivity index (χ1n) is 6.93. The van der Waals surface area contributed by atoms with Crippen LogP contribution in [0.5, 0.6) is 0 Å². The van der Waals surface area contributed by atoms with Crippen molar-refractivity contribution >= 4 is 18.4 Å². The van der Waals surface area contributed by atoms with Crippen LogP contribution in [0.25, 0.3) is 0 Å². The lowest BCUT2D eigenvalue weighted by Gasteiger charge is -2.32. The number of aryl methyl sites for hydroxylation is 1. The zero-order valence-electron chi connectivity index (χ0n) is 13.1. The van der Waals surface area contributed by atoms with E-state index in [4.69, 9.17) is 9.31 Å². The highest BCUT2D eigenvalue weighted by atomic mass is 16.7. The van der Waals surface area contributed by atoms with E-state index < -0.39 is 7.12 Å². The first kappa shape index (κ1) is 15.2. The summed E-state index contributed by atoms with van der Waals surface area (Å²) in [6.07, 6.45) is 2.10. The van der Waals surface area contributed by atoms with Crippen LogP contribution in [0.2, 0.25) is 0 Å². The number of Topliss-reactive ketones (excluding diaryl/α,β-unsaturated/α-hetero) is 1. The first-order valence-corrected chi connectivity index (χ1v) is 6.93. The fraction of sp³-hybridized carbons (Fsp3) is 0.600. The van der Waals surface area contributed by atoms with Crippen molar-refractivity contribution in [1.29, 1.82) is 0 Å². The van der Waals surface area contributed by atoms with Crippen molar-refractivity contribution in [2.24, 2.45) is 0 Å². The van der Waals surface area contributed by atoms with Crippen molar-refractivity contribution in [2.45, 2.75) is 59.2 Å². The molecule has 2 rings (SSSR count). The van der Waals surface area contributed by atoms with E-state index >= 15 is 0 Å². The largest absolute Gasteiger partial charge is 0.495 e. The monoisotopic (exact) mass is 275 g/mol. The maximum Gasteiger partial charge on any atom is 0.495 e. The molecule has 0 amide bonds. The summed E-state index contributed by atoms with van der Waals surface area (Å²) in [7, 11) is -0.448. The SMILES string of the molecule is CC(=O)Cc1cnc(C)cc1B1OC(C)(C)C(C)(C)O1. The summed E-state index contributed by atoms with van der Waals surface area (Å²) in [6.45, 7) is 11.6. The van der Waals surface area contributed by atoms with Crippen molar-refractivity contribution in [3.05, 3.63) is 23.5 Å². The Kier molecular flexibility index (Phi) is 3.78. The zero-order valence-corrected chi connectivity index (χ0v) is 13.1. The quantitative estimate of drug-likeness (QED) is 0.789. The zero-order chi connectivity index (χ0) is 15.1. The highest BCUT2D eigenvalue weighted by molar-refractivity contribution is 6.62. The molecule has 108 valence electrons. The van der Waals surface area contributed by atoms with Gasteiger partial charge in [0.05, 0.1) is 11.2 Å². The van der Waals surface area contributed by atoms with E-state index in [-0.39, 0.29) is 17.0 Å². The molecule has 0 saturated carbocycles. The molecule has 0 spiro atoms. The molecule has 1 aromatic heterocycles. The summed E-state index contributed by atoms with van der Waals surface area (Å²) < 4.78 is 12.1. The third-order valence-electron chi connectivity index (χ3n) is 4.11. The highest BCUT2D eigenvalue weighted by Gasteiger charge is 2.52. The van der Waals surface area contributed by atoms with Gasteiger partial charge in [-0.15, -0.1) is 0 Å². The smallest absolute Gasteiger partial charge is 0.399 e. The number of rotatable bonds is 3. The molecule has 0 aromatic carbocycles. The number of carbonyl (C=O) groups is 1. The van der Waals surface area contributed by atoms with Crippen LogP contribution in [0.3, 0.4) is 0 Å². The predicted molar refractivity (Wildman–Crippen MR) is 79.1 cm³/mol. The van der Waals surface area contributed by atoms with Gasteiger partial charge in [0.1, 0.15) is 5.78 Å². The second-order valence-electron chi connectivity index (χ2n) is 6.49. The summed E-state index contributed by atoms with van der Waals surface area (Å²) in [5.74, 6) is 0.105. The molecule has 1 saturated heterocycles. The van der Waals surface area contributed by atoms with E-state index in [1.54, 1.807) is 13.1 Å². The molecule has 1 aliphatic rings. The Morgan fingerprint density at radius 1 is 1.25 bits per heavy atom. The number of aromatic nitrogens is 1. The van der Waals surface area contributed by atoms with Crippen LogP contribution in [0.4, 0.5) is 0 Å². The van der Waals surface area contributed by atoms with E-state index in [0.717, 1.165) is 16.7 Å². The molecule has 2 heterocycles. The summed E-state index contributed by atoms with van der Waals surface area (Å²) >= 11 is 0. The maximum atomic E-state index is 11.4. The fourth-order valence-corrected chi connectivity index (χ4v) is 2.21. The van der Waals surface area contributed by atoms with E-state index in [1.807, 2.05) is 40.7 Å². The lowest BCUT2D eigenvalue weighted by Crippen LogP contribution is -2.41. The van der Waals surface area contributed by atoms with Gasteiger partial charge in [-0.2, -0.15) is 0 Å². The normalized spacial score (nSPS) is 20.2. The molecule has 0 radical (unpaired) electrons. The average molecular weight is 275 g/mol. The minimum absolute atomic E-state index is 0.105. The Morgan fingerprint density at radius 3 is 2.30 bits per heavy atom. The molecule has 0 bridgehead atoms. The number of pyridine rings is 1. The maximum absolute atomic E-state index is 11.4. The van der Waals surface area contributed by atoms with Crippen molar-refractivity contribution in [3.63, 3.8) is 0 Å². The molecular formula is C15H22BNO3. The number of hydrogen-bond acceptors (Lipinski definition) is 4. The van der Waals surface area contributed by atoms with Crippen LogP contribution in [0, 0.1) is 6.92 Å². The molecule has 0 unspecified atom stereocenters. The van der Waals surface area contributed by atoms with Gasteiger partial charge in [-0.05, 0) is 58.6 Å². The van der Waals surface area contributed by atoms with Gasteiger partial charge in [0.15, 0.2) is 0 Å². The third kappa shape index (κ3) is 2.79. The van der Waals surface area contributed by atoms with Crippen molar-refractivity contribution < 1.29 is 14.1 Å². The number of ketones is 1. The average Bonchev–Trinajstić information content (AvgIpc) is 2.50. The number of nitrogens with zero attached hydrogens (tertiary/aromatic N) is 1. The Balaban J connectivity index is 2.38. The van der Waals surface area contributed by atoms with Gasteiger partial charge in [-0.1, -0.05) is 0 Å². The molecule has 1 aromatic rings. The summed E-state index contributed by atoms with van der Waals surface area (Å²) in [6, 6.07) is 1.94. The van der Waals surface area contributed by atoms with Gasteiger partial charge in [-0.25, -0.2) is 0 Å². The summed E-state index contributed by atoms with van der Waals surface area (Å²) in [5, 5.41) is 0. The van der Waals surface area contributed by atoms with Crippen LogP contribution >= 0.6 is 0 Å². The second kappa shape index (κ2) is 4.97. The van der Waals surface area contributed by atoms with Gasteiger partial charge >= 0.3 is 7.12 Å². The van der Waals surface area contributed by atoms with Crippen LogP contribution in [-0.2, 0) is 20.5 Å². The summed E-state index contributed by atoms with van der Waals surface area (Å²) in [5.41, 5.74) is 1.90. The van der Waals surface area contributed by atoms with Gasteiger partial charge in [0.2, 0.25) is 0 Å². The topological polar surface area (TPSA) is 48.4 Å². The standard InChI is InChI=1S/C15H22BNO3/c1-10-7-13(12(9-17-10)8-11(2)18)16-19-14(3,4)15(5,6)20-16/h7,9H,8H2,1-6H3. The van der Waals surface area contributed by atoms with Crippen LogP contribution < -0.4 is 5.46 Å². The molecule has 20 heavy (non-hydrogen) atoms. The van der Waals surface area contributed by atoms with Gasteiger partial charge in [0.25, 0.3) is 0 Å². The molecule has 1 aliphatic heterocycles. The van der Waals surface area contributed by atoms with Gasteiger partial charge < -0.3 is 9.31 Å². The Hall–Kier alpha value is -1.20. The Morgan fingerprint density at radius 2 is 1.80 bits per heavy atom. The van der Waals surface area contributed by atoms with Gasteiger partial charge in [0, 0.05) is 18.3 Å². The molecular weight excluding hydrogens is 253 g/mol. The number of carbonyl (C=O) groups excluding carboxylic acids is 1. The predicted octanol–water partition coefficient (Wildman–Crippen LogP) is 1.82. The van der Waals surface area contributed by atoms with E-state index in [1.165, 1.54) is 0 Å². The van der Waals surface area contributed by atoms with E-state index in [2.05, 4.69) is 4.98 Å². The minimum Gasteiger partial charge on any atom is -0.399 e.